The van der Waals surface area contributed by atoms with Gasteiger partial charge in [-0.1, -0.05) is 31.0 Å². The van der Waals surface area contributed by atoms with Gasteiger partial charge in [0.1, 0.15) is 11.5 Å². The Morgan fingerprint density at radius 3 is 2.47 bits per heavy atom. The number of alkyl halides is 3. The third-order valence-corrected chi connectivity index (χ3v) is 6.63. The first kappa shape index (κ1) is 24.2. The molecule has 0 unspecified atom stereocenters. The first-order valence-corrected chi connectivity index (χ1v) is 11.7. The van der Waals surface area contributed by atoms with Gasteiger partial charge in [0.15, 0.2) is 0 Å². The van der Waals surface area contributed by atoms with Crippen molar-refractivity contribution in [2.45, 2.75) is 57.3 Å². The number of carbonyl (C=O) groups is 2. The maximum atomic E-state index is 13.0. The van der Waals surface area contributed by atoms with Crippen LogP contribution in [0.2, 0.25) is 0 Å². The number of piperidine rings is 1. The zero-order valence-electron chi connectivity index (χ0n) is 18.9. The Kier molecular flexibility index (Phi) is 7.50. The molecule has 2 amide bonds. The first-order valence-electron chi connectivity index (χ1n) is 11.7. The molecule has 0 spiro atoms. The number of aromatic nitrogens is 1. The number of carbonyl (C=O) groups excluding carboxylic acids is 2. The van der Waals surface area contributed by atoms with Crippen LogP contribution in [0, 0.1) is 5.92 Å². The third kappa shape index (κ3) is 5.94. The topological polar surface area (TPSA) is 65.5 Å². The van der Waals surface area contributed by atoms with Crippen LogP contribution in [0.5, 0.6) is 0 Å². The minimum atomic E-state index is -4.59. The van der Waals surface area contributed by atoms with Gasteiger partial charge in [0.05, 0.1) is 5.69 Å². The van der Waals surface area contributed by atoms with E-state index in [2.05, 4.69) is 15.2 Å². The van der Waals surface area contributed by atoms with Crippen molar-refractivity contribution in [3.8, 4) is 0 Å². The average molecular weight is 475 g/mol. The Bertz CT molecular complexity index is 1000. The van der Waals surface area contributed by atoms with Crippen LogP contribution in [0.4, 0.5) is 24.7 Å². The molecule has 0 atom stereocenters. The van der Waals surface area contributed by atoms with Crippen molar-refractivity contribution >= 4 is 23.8 Å². The van der Waals surface area contributed by atoms with E-state index in [1.54, 1.807) is 18.2 Å². The second-order valence-electron chi connectivity index (χ2n) is 9.06. The lowest BCUT2D eigenvalue weighted by Crippen LogP contribution is -2.43. The van der Waals surface area contributed by atoms with Gasteiger partial charge < -0.3 is 5.32 Å². The van der Waals surface area contributed by atoms with Crippen molar-refractivity contribution in [1.82, 2.24) is 15.2 Å². The summed E-state index contributed by atoms with van der Waals surface area (Å²) in [6.07, 6.45) is 2.01. The molecule has 1 aromatic heterocycles. The lowest BCUT2D eigenvalue weighted by molar-refractivity contribution is -0.141. The molecular weight excluding hydrogens is 445 g/mol. The number of likely N-dealkylation sites (tertiary alicyclic amines) is 1. The second kappa shape index (κ2) is 10.5. The maximum absolute atomic E-state index is 13.0. The number of pyridine rings is 1. The van der Waals surface area contributed by atoms with Gasteiger partial charge >= 0.3 is 6.18 Å². The molecule has 182 valence electrons. The highest BCUT2D eigenvalue weighted by Gasteiger charge is 2.33. The van der Waals surface area contributed by atoms with Crippen molar-refractivity contribution < 1.29 is 22.8 Å². The van der Waals surface area contributed by atoms with Gasteiger partial charge in [-0.3, -0.25) is 19.4 Å². The van der Waals surface area contributed by atoms with Gasteiger partial charge in [0, 0.05) is 18.5 Å². The number of nitrogens with one attached hydrogen (secondary N) is 1. The Morgan fingerprint density at radius 2 is 1.79 bits per heavy atom. The molecule has 1 aromatic carbocycles. The number of rotatable bonds is 7. The quantitative estimate of drug-likeness (QED) is 0.593. The van der Waals surface area contributed by atoms with E-state index in [1.165, 1.54) is 25.0 Å². The molecule has 2 aliphatic rings. The minimum absolute atomic E-state index is 0.0423. The van der Waals surface area contributed by atoms with Crippen LogP contribution in [0.15, 0.2) is 42.5 Å². The van der Waals surface area contributed by atoms with E-state index in [0.717, 1.165) is 55.3 Å². The summed E-state index contributed by atoms with van der Waals surface area (Å²) >= 11 is 0. The highest BCUT2D eigenvalue weighted by molar-refractivity contribution is 5.85. The van der Waals surface area contributed by atoms with Crippen molar-refractivity contribution in [2.75, 3.05) is 18.0 Å². The largest absolute Gasteiger partial charge is 0.433 e. The smallest absolute Gasteiger partial charge is 0.353 e. The molecule has 0 bridgehead atoms. The van der Waals surface area contributed by atoms with E-state index in [-0.39, 0.29) is 17.6 Å². The van der Waals surface area contributed by atoms with Gasteiger partial charge in [0.25, 0.3) is 0 Å². The van der Waals surface area contributed by atoms with E-state index < -0.39 is 11.9 Å². The summed E-state index contributed by atoms with van der Waals surface area (Å²) in [5.74, 6) is 0.126. The summed E-state index contributed by atoms with van der Waals surface area (Å²) in [6.45, 7) is 2.21. The van der Waals surface area contributed by atoms with Gasteiger partial charge in [-0.25, -0.2) is 4.98 Å². The molecule has 1 N–H and O–H groups in total. The number of hydrogen-bond acceptors (Lipinski definition) is 4. The minimum Gasteiger partial charge on any atom is -0.353 e. The van der Waals surface area contributed by atoms with E-state index in [9.17, 15) is 22.8 Å². The number of hydrogen-bond donors (Lipinski definition) is 1. The molecular formula is C25H29F3N4O2. The van der Waals surface area contributed by atoms with Crippen molar-refractivity contribution in [3.05, 3.63) is 53.7 Å². The third-order valence-electron chi connectivity index (χ3n) is 6.63. The number of amides is 2. The first-order chi connectivity index (χ1) is 16.3. The number of halogens is 3. The van der Waals surface area contributed by atoms with E-state index in [0.29, 0.717) is 24.7 Å². The number of benzene rings is 1. The molecule has 1 aliphatic carbocycles. The molecule has 2 fully saturated rings. The molecule has 2 aromatic rings. The molecule has 6 nitrogen and oxygen atoms in total. The fraction of sp³-hybridized carbons (Fsp3) is 0.480. The maximum Gasteiger partial charge on any atom is 0.433 e. The van der Waals surface area contributed by atoms with Gasteiger partial charge in [0.2, 0.25) is 12.3 Å². The molecule has 9 heteroatoms. The lowest BCUT2D eigenvalue weighted by atomic mass is 9.95. The van der Waals surface area contributed by atoms with Crippen molar-refractivity contribution in [2.24, 2.45) is 5.92 Å². The molecule has 0 radical (unpaired) electrons. The summed E-state index contributed by atoms with van der Waals surface area (Å²) in [6, 6.07) is 11.0. The Labute approximate surface area is 197 Å². The van der Waals surface area contributed by atoms with Crippen LogP contribution < -0.4 is 10.2 Å². The molecule has 1 saturated heterocycles. The predicted octanol–water partition coefficient (Wildman–Crippen LogP) is 4.67. The fourth-order valence-electron chi connectivity index (χ4n) is 4.77. The van der Waals surface area contributed by atoms with Crippen LogP contribution in [0.3, 0.4) is 0 Å². The Hall–Kier alpha value is -2.94. The highest BCUT2D eigenvalue weighted by Crippen LogP contribution is 2.31. The lowest BCUT2D eigenvalue weighted by Gasteiger charge is -2.32. The van der Waals surface area contributed by atoms with E-state index in [1.807, 2.05) is 6.07 Å². The van der Waals surface area contributed by atoms with Crippen LogP contribution in [-0.2, 0) is 22.3 Å². The van der Waals surface area contributed by atoms with Gasteiger partial charge in [-0.05, 0) is 68.6 Å². The fourth-order valence-corrected chi connectivity index (χ4v) is 4.77. The van der Waals surface area contributed by atoms with Crippen LogP contribution in [0.25, 0.3) is 0 Å². The number of anilines is 2. The van der Waals surface area contributed by atoms with Crippen LogP contribution in [-0.4, -0.2) is 41.3 Å². The second-order valence-corrected chi connectivity index (χ2v) is 9.06. The normalized spacial score (nSPS) is 18.1. The monoisotopic (exact) mass is 474 g/mol. The highest BCUT2D eigenvalue weighted by atomic mass is 19.4. The standard InChI is InChI=1S/C25H29F3N4O2/c26-25(27,28)22-9-4-10-23(30-22)32(17-33)21-8-3-5-18(15-21)16-31-13-11-19(12-14-31)24(34)29-20-6-1-2-7-20/h3-5,8-10,15,17,19-20H,1-2,6-7,11-14,16H2,(H,29,34). The molecule has 4 rings (SSSR count). The van der Waals surface area contributed by atoms with Crippen LogP contribution >= 0.6 is 0 Å². The Balaban J connectivity index is 1.37. The summed E-state index contributed by atoms with van der Waals surface area (Å²) < 4.78 is 39.1. The van der Waals surface area contributed by atoms with Gasteiger partial charge in [-0.2, -0.15) is 13.2 Å². The molecule has 34 heavy (non-hydrogen) atoms. The number of nitrogens with zero attached hydrogens (tertiary/aromatic N) is 3. The molecule has 1 aliphatic heterocycles. The molecule has 1 saturated carbocycles. The Morgan fingerprint density at radius 1 is 1.09 bits per heavy atom. The van der Waals surface area contributed by atoms with Crippen molar-refractivity contribution in [3.63, 3.8) is 0 Å². The summed E-state index contributed by atoms with van der Waals surface area (Å²) in [7, 11) is 0. The predicted molar refractivity (Wildman–Crippen MR) is 122 cm³/mol. The van der Waals surface area contributed by atoms with Gasteiger partial charge in [-0.15, -0.1) is 0 Å². The van der Waals surface area contributed by atoms with Crippen LogP contribution in [0.1, 0.15) is 49.8 Å². The summed E-state index contributed by atoms with van der Waals surface area (Å²) in [5, 5.41) is 3.20. The summed E-state index contributed by atoms with van der Waals surface area (Å²) in [4.78, 5) is 31.3. The van der Waals surface area contributed by atoms with E-state index in [4.69, 9.17) is 0 Å². The molecule has 2 heterocycles. The van der Waals surface area contributed by atoms with E-state index >= 15 is 0 Å². The van der Waals surface area contributed by atoms with Crippen molar-refractivity contribution in [1.29, 1.82) is 0 Å². The zero-order chi connectivity index (χ0) is 24.1. The summed E-state index contributed by atoms with van der Waals surface area (Å²) in [5.41, 5.74) is 0.336. The SMILES string of the molecule is O=CN(c1cccc(CN2CCC(C(=O)NC3CCCC3)CC2)c1)c1cccc(C(F)(F)F)n1. The average Bonchev–Trinajstić information content (AvgIpc) is 3.33. The zero-order valence-corrected chi connectivity index (χ0v) is 18.9.